The number of nitrogens with zero attached hydrogens (tertiary/aromatic N) is 1. The zero-order valence-corrected chi connectivity index (χ0v) is 13.6. The lowest BCUT2D eigenvalue weighted by Crippen LogP contribution is -2.33. The van der Waals surface area contributed by atoms with Gasteiger partial charge in [-0.15, -0.1) is 0 Å². The number of anilines is 2. The average Bonchev–Trinajstić information content (AvgIpc) is 2.55. The number of benzene rings is 2. The van der Waals surface area contributed by atoms with Crippen molar-refractivity contribution in [2.24, 2.45) is 5.73 Å². The molecule has 2 amide bonds. The Morgan fingerprint density at radius 2 is 1.81 bits per heavy atom. The summed E-state index contributed by atoms with van der Waals surface area (Å²) in [7, 11) is 1.25. The summed E-state index contributed by atoms with van der Waals surface area (Å²) in [6.45, 7) is 0. The molecule has 0 aliphatic carbocycles. The lowest BCUT2D eigenvalue weighted by Gasteiger charge is -2.26. The van der Waals surface area contributed by atoms with E-state index in [0.717, 1.165) is 12.1 Å². The van der Waals surface area contributed by atoms with Crippen molar-refractivity contribution >= 4 is 23.4 Å². The first-order valence-corrected chi connectivity index (χ1v) is 7.29. The van der Waals surface area contributed by atoms with Crippen molar-refractivity contribution in [1.82, 2.24) is 0 Å². The van der Waals surface area contributed by atoms with E-state index in [0.29, 0.717) is 10.5 Å². The number of para-hydroxylation sites is 1. The highest BCUT2D eigenvalue weighted by molar-refractivity contribution is 6.00. The van der Waals surface area contributed by atoms with E-state index in [1.807, 2.05) is 0 Å². The summed E-state index contributed by atoms with van der Waals surface area (Å²) in [5.41, 5.74) is 4.14. The van der Waals surface area contributed by atoms with Gasteiger partial charge in [0.05, 0.1) is 30.5 Å². The average molecular weight is 368 g/mol. The van der Waals surface area contributed by atoms with Gasteiger partial charge in [-0.1, -0.05) is 18.2 Å². The number of urea groups is 1. The number of rotatable bonds is 5. The number of aliphatic carboxylic acids is 1. The molecule has 3 N–H and O–H groups in total. The highest BCUT2D eigenvalue weighted by atomic mass is 19.4. The lowest BCUT2D eigenvalue weighted by molar-refractivity contribution is -0.137. The molecule has 2 aromatic rings. The van der Waals surface area contributed by atoms with Crippen LogP contribution in [0.2, 0.25) is 0 Å². The minimum absolute atomic E-state index is 0.0135. The molecular weight excluding hydrogens is 353 g/mol. The van der Waals surface area contributed by atoms with E-state index in [1.165, 1.54) is 37.4 Å². The van der Waals surface area contributed by atoms with Gasteiger partial charge in [0.2, 0.25) is 0 Å². The molecule has 0 saturated carbocycles. The van der Waals surface area contributed by atoms with Crippen molar-refractivity contribution < 1.29 is 32.6 Å². The van der Waals surface area contributed by atoms with E-state index >= 15 is 0 Å². The number of primary amides is 1. The second kappa shape index (κ2) is 7.34. The van der Waals surface area contributed by atoms with Crippen LogP contribution >= 0.6 is 0 Å². The van der Waals surface area contributed by atoms with Crippen molar-refractivity contribution in [2.45, 2.75) is 12.6 Å². The number of carbonyl (C=O) groups is 2. The maximum atomic E-state index is 13.3. The highest BCUT2D eigenvalue weighted by Crippen LogP contribution is 2.41. The fourth-order valence-corrected chi connectivity index (χ4v) is 2.47. The summed E-state index contributed by atoms with van der Waals surface area (Å²) in [4.78, 5) is 23.4. The topological polar surface area (TPSA) is 92.9 Å². The molecule has 0 atom stereocenters. The Morgan fingerprint density at radius 3 is 2.35 bits per heavy atom. The van der Waals surface area contributed by atoms with Gasteiger partial charge in [-0.25, -0.2) is 4.79 Å². The van der Waals surface area contributed by atoms with Crippen LogP contribution in [0.5, 0.6) is 5.75 Å². The second-order valence-electron chi connectivity index (χ2n) is 5.27. The van der Waals surface area contributed by atoms with Crippen LogP contribution in [0.25, 0.3) is 0 Å². The number of hydrogen-bond donors (Lipinski definition) is 2. The Morgan fingerprint density at radius 1 is 1.15 bits per heavy atom. The van der Waals surface area contributed by atoms with E-state index in [9.17, 15) is 22.8 Å². The van der Waals surface area contributed by atoms with Crippen molar-refractivity contribution in [3.8, 4) is 5.75 Å². The molecular formula is C17H15F3N2O4. The maximum absolute atomic E-state index is 13.3. The van der Waals surface area contributed by atoms with Crippen molar-refractivity contribution in [1.29, 1.82) is 0 Å². The predicted molar refractivity (Wildman–Crippen MR) is 87.5 cm³/mol. The van der Waals surface area contributed by atoms with Crippen molar-refractivity contribution in [3.63, 3.8) is 0 Å². The number of carboxylic acids is 1. The molecule has 0 spiro atoms. The first-order valence-electron chi connectivity index (χ1n) is 7.29. The maximum Gasteiger partial charge on any atom is 0.418 e. The molecule has 0 heterocycles. The molecule has 0 aliphatic heterocycles. The Kier molecular flexibility index (Phi) is 5.39. The standard InChI is InChI=1S/C17H15F3N2O4/c1-26-14-8-10(9-15(23)24)6-7-13(14)22(16(21)25)12-5-3-2-4-11(12)17(18,19)20/h2-8H,9H2,1H3,(H2,21,25)(H,23,24). The van der Waals surface area contributed by atoms with Crippen LogP contribution < -0.4 is 15.4 Å². The highest BCUT2D eigenvalue weighted by Gasteiger charge is 2.36. The molecule has 0 bridgehead atoms. The number of halogens is 3. The smallest absolute Gasteiger partial charge is 0.418 e. The van der Waals surface area contributed by atoms with Gasteiger partial charge in [0, 0.05) is 0 Å². The molecule has 6 nitrogen and oxygen atoms in total. The Balaban J connectivity index is 2.63. The van der Waals surface area contributed by atoms with Crippen molar-refractivity contribution in [2.75, 3.05) is 12.0 Å². The molecule has 26 heavy (non-hydrogen) atoms. The normalized spacial score (nSPS) is 11.1. The summed E-state index contributed by atoms with van der Waals surface area (Å²) in [5, 5.41) is 8.85. The Bertz CT molecular complexity index is 837. The van der Waals surface area contributed by atoms with Gasteiger partial charge in [-0.05, 0) is 29.8 Å². The molecule has 0 aliphatic rings. The van der Waals surface area contributed by atoms with Gasteiger partial charge in [-0.2, -0.15) is 13.2 Å². The number of ether oxygens (including phenoxy) is 1. The Hall–Kier alpha value is -3.23. The monoisotopic (exact) mass is 368 g/mol. The summed E-state index contributed by atoms with van der Waals surface area (Å²) < 4.78 is 45.0. The van der Waals surface area contributed by atoms with E-state index < -0.39 is 29.4 Å². The molecule has 0 unspecified atom stereocenters. The molecule has 0 fully saturated rings. The molecule has 2 aromatic carbocycles. The van der Waals surface area contributed by atoms with Gasteiger partial charge in [0.15, 0.2) is 0 Å². The third kappa shape index (κ3) is 4.05. The van der Waals surface area contributed by atoms with E-state index in [-0.39, 0.29) is 17.9 Å². The van der Waals surface area contributed by atoms with Crippen LogP contribution in [0.1, 0.15) is 11.1 Å². The van der Waals surface area contributed by atoms with Crippen LogP contribution in [-0.2, 0) is 17.4 Å². The van der Waals surface area contributed by atoms with Gasteiger partial charge >= 0.3 is 18.2 Å². The van der Waals surface area contributed by atoms with Crippen LogP contribution in [-0.4, -0.2) is 24.2 Å². The minimum Gasteiger partial charge on any atom is -0.495 e. The molecule has 0 aromatic heterocycles. The first kappa shape index (κ1) is 19.1. The third-order valence-electron chi connectivity index (χ3n) is 3.51. The number of nitrogens with two attached hydrogens (primary N) is 1. The molecule has 2 rings (SSSR count). The van der Waals surface area contributed by atoms with Gasteiger partial charge in [0.1, 0.15) is 5.75 Å². The number of hydrogen-bond acceptors (Lipinski definition) is 3. The summed E-state index contributed by atoms with van der Waals surface area (Å²) in [6.07, 6.45) is -5.02. The molecule has 9 heteroatoms. The van der Waals surface area contributed by atoms with Crippen LogP contribution in [0, 0.1) is 0 Å². The van der Waals surface area contributed by atoms with Gasteiger partial charge in [0.25, 0.3) is 0 Å². The molecule has 0 saturated heterocycles. The number of carbonyl (C=O) groups excluding carboxylic acids is 1. The minimum atomic E-state index is -4.71. The Labute approximate surface area is 146 Å². The van der Waals surface area contributed by atoms with Gasteiger partial charge < -0.3 is 15.6 Å². The summed E-state index contributed by atoms with van der Waals surface area (Å²) >= 11 is 0. The number of methoxy groups -OCH3 is 1. The third-order valence-corrected chi connectivity index (χ3v) is 3.51. The zero-order chi connectivity index (χ0) is 19.5. The summed E-state index contributed by atoms with van der Waals surface area (Å²) in [6, 6.07) is 7.31. The van der Waals surface area contributed by atoms with Crippen LogP contribution in [0.4, 0.5) is 29.3 Å². The molecule has 0 radical (unpaired) electrons. The van der Waals surface area contributed by atoms with Gasteiger partial charge in [-0.3, -0.25) is 9.69 Å². The largest absolute Gasteiger partial charge is 0.495 e. The summed E-state index contributed by atoms with van der Waals surface area (Å²) in [5.74, 6) is -1.08. The SMILES string of the molecule is COc1cc(CC(=O)O)ccc1N(C(N)=O)c1ccccc1C(F)(F)F. The lowest BCUT2D eigenvalue weighted by atomic mass is 10.1. The first-order chi connectivity index (χ1) is 12.1. The number of alkyl halides is 3. The quantitative estimate of drug-likeness (QED) is 0.844. The zero-order valence-electron chi connectivity index (χ0n) is 13.6. The fraction of sp³-hybridized carbons (Fsp3) is 0.176. The van der Waals surface area contributed by atoms with E-state index in [1.54, 1.807) is 0 Å². The van der Waals surface area contributed by atoms with E-state index in [4.69, 9.17) is 15.6 Å². The number of carboxylic acid groups (broad SMARTS) is 1. The van der Waals surface area contributed by atoms with E-state index in [2.05, 4.69) is 0 Å². The van der Waals surface area contributed by atoms with Crippen molar-refractivity contribution in [3.05, 3.63) is 53.6 Å². The number of amides is 2. The fourth-order valence-electron chi connectivity index (χ4n) is 2.47. The van der Waals surface area contributed by atoms with Crippen LogP contribution in [0.15, 0.2) is 42.5 Å². The molecule has 138 valence electrons. The predicted octanol–water partition coefficient (Wildman–Crippen LogP) is 3.56. The van der Waals surface area contributed by atoms with Crippen LogP contribution in [0.3, 0.4) is 0 Å². The second-order valence-corrected chi connectivity index (χ2v) is 5.27.